The van der Waals surface area contributed by atoms with E-state index in [1.807, 2.05) is 26.1 Å². The number of aromatic nitrogens is 1. The fourth-order valence-electron chi connectivity index (χ4n) is 3.12. The fourth-order valence-corrected chi connectivity index (χ4v) is 3.94. The third kappa shape index (κ3) is 4.94. The number of nitrogens with one attached hydrogen (secondary N) is 1. The van der Waals surface area contributed by atoms with E-state index < -0.39 is 0 Å². The molecule has 26 heavy (non-hydrogen) atoms. The monoisotopic (exact) mass is 375 g/mol. The van der Waals surface area contributed by atoms with Crippen molar-refractivity contribution in [3.05, 3.63) is 46.2 Å². The van der Waals surface area contributed by atoms with Crippen LogP contribution in [0.2, 0.25) is 0 Å². The molecule has 7 heteroatoms. The van der Waals surface area contributed by atoms with Crippen molar-refractivity contribution in [1.29, 1.82) is 0 Å². The maximum absolute atomic E-state index is 13.1. The van der Waals surface area contributed by atoms with Crippen LogP contribution in [0.3, 0.4) is 0 Å². The lowest BCUT2D eigenvalue weighted by Crippen LogP contribution is -2.52. The molecule has 1 saturated heterocycles. The van der Waals surface area contributed by atoms with E-state index in [1.165, 1.54) is 17.1 Å². The topological polar surface area (TPSA) is 43.8 Å². The Hall–Kier alpha value is -2.15. The number of thiazole rings is 1. The smallest absolute Gasteiger partial charge is 0.193 e. The summed E-state index contributed by atoms with van der Waals surface area (Å²) in [5, 5.41) is 6.76. The summed E-state index contributed by atoms with van der Waals surface area (Å²) in [6.07, 6.45) is 2.04. The second-order valence-corrected chi connectivity index (χ2v) is 7.35. The predicted molar refractivity (Wildman–Crippen MR) is 107 cm³/mol. The summed E-state index contributed by atoms with van der Waals surface area (Å²) < 4.78 is 13.1. The molecule has 140 valence electrons. The Kier molecular flexibility index (Phi) is 6.44. The molecule has 0 unspecified atom stereocenters. The number of nitrogens with zero attached hydrogens (tertiary/aromatic N) is 4. The summed E-state index contributed by atoms with van der Waals surface area (Å²) in [6.45, 7) is 6.55. The molecule has 0 atom stereocenters. The van der Waals surface area contributed by atoms with Gasteiger partial charge < -0.3 is 15.1 Å². The van der Waals surface area contributed by atoms with Crippen molar-refractivity contribution in [1.82, 2.24) is 15.2 Å². The van der Waals surface area contributed by atoms with E-state index in [0.717, 1.165) is 62.9 Å². The number of aryl methyl sites for hydroxylation is 2. The number of hydrogen-bond acceptors (Lipinski definition) is 4. The first-order valence-corrected chi connectivity index (χ1v) is 9.91. The van der Waals surface area contributed by atoms with Gasteiger partial charge in [-0.2, -0.15) is 0 Å². The molecule has 1 aliphatic heterocycles. The minimum Gasteiger partial charge on any atom is -0.368 e. The summed E-state index contributed by atoms with van der Waals surface area (Å²) in [4.78, 5) is 13.5. The first-order valence-electron chi connectivity index (χ1n) is 9.03. The highest BCUT2D eigenvalue weighted by Gasteiger charge is 2.19. The minimum absolute atomic E-state index is 0.190. The first-order chi connectivity index (χ1) is 12.7. The summed E-state index contributed by atoms with van der Waals surface area (Å²) >= 11 is 1.73. The van der Waals surface area contributed by atoms with Crippen LogP contribution in [-0.2, 0) is 6.42 Å². The Bertz CT molecular complexity index is 720. The molecule has 0 spiro atoms. The van der Waals surface area contributed by atoms with Crippen LogP contribution < -0.4 is 10.2 Å². The molecule has 1 fully saturated rings. The van der Waals surface area contributed by atoms with E-state index in [4.69, 9.17) is 0 Å². The summed E-state index contributed by atoms with van der Waals surface area (Å²) in [6, 6.07) is 6.73. The van der Waals surface area contributed by atoms with Crippen molar-refractivity contribution in [3.63, 3.8) is 0 Å². The fraction of sp³-hybridized carbons (Fsp3) is 0.474. The molecule has 0 aliphatic carbocycles. The third-order valence-electron chi connectivity index (χ3n) is 4.50. The molecular formula is C19H26FN5S. The van der Waals surface area contributed by atoms with Gasteiger partial charge in [-0.05, 0) is 37.6 Å². The first kappa shape index (κ1) is 18.6. The van der Waals surface area contributed by atoms with Gasteiger partial charge in [0, 0.05) is 63.0 Å². The minimum atomic E-state index is -0.190. The zero-order valence-electron chi connectivity index (χ0n) is 15.4. The number of rotatable bonds is 5. The third-order valence-corrected chi connectivity index (χ3v) is 5.53. The van der Waals surface area contributed by atoms with E-state index in [2.05, 4.69) is 30.5 Å². The molecule has 5 nitrogen and oxygen atoms in total. The zero-order chi connectivity index (χ0) is 18.4. The number of anilines is 1. The van der Waals surface area contributed by atoms with Gasteiger partial charge >= 0.3 is 0 Å². The van der Waals surface area contributed by atoms with Gasteiger partial charge in [0.1, 0.15) is 5.82 Å². The maximum Gasteiger partial charge on any atom is 0.193 e. The second kappa shape index (κ2) is 8.98. The highest BCUT2D eigenvalue weighted by Crippen LogP contribution is 2.17. The Labute approximate surface area is 158 Å². The van der Waals surface area contributed by atoms with Crippen LogP contribution in [0.25, 0.3) is 0 Å². The lowest BCUT2D eigenvalue weighted by Gasteiger charge is -2.37. The van der Waals surface area contributed by atoms with E-state index in [9.17, 15) is 4.39 Å². The number of halogens is 1. The SMILES string of the molecule is CN=C(NCCCc1nc(C)cs1)N1CCN(c2ccc(F)cc2)CC1. The van der Waals surface area contributed by atoms with Crippen LogP contribution in [0.4, 0.5) is 10.1 Å². The van der Waals surface area contributed by atoms with Crippen LogP contribution >= 0.6 is 11.3 Å². The highest BCUT2D eigenvalue weighted by atomic mass is 32.1. The quantitative estimate of drug-likeness (QED) is 0.496. The van der Waals surface area contributed by atoms with Crippen molar-refractivity contribution in [2.45, 2.75) is 19.8 Å². The summed E-state index contributed by atoms with van der Waals surface area (Å²) in [5.74, 6) is 0.768. The van der Waals surface area contributed by atoms with E-state index in [0.29, 0.717) is 0 Å². The van der Waals surface area contributed by atoms with Crippen molar-refractivity contribution in [3.8, 4) is 0 Å². The van der Waals surface area contributed by atoms with Crippen LogP contribution in [0.1, 0.15) is 17.1 Å². The number of benzene rings is 1. The second-order valence-electron chi connectivity index (χ2n) is 6.41. The van der Waals surface area contributed by atoms with Crippen LogP contribution in [0.15, 0.2) is 34.6 Å². The van der Waals surface area contributed by atoms with E-state index in [1.54, 1.807) is 11.3 Å². The van der Waals surface area contributed by atoms with Gasteiger partial charge in [0.15, 0.2) is 5.96 Å². The molecule has 0 bridgehead atoms. The van der Waals surface area contributed by atoms with Gasteiger partial charge in [0.25, 0.3) is 0 Å². The summed E-state index contributed by atoms with van der Waals surface area (Å²) in [5.41, 5.74) is 2.18. The molecule has 1 N–H and O–H groups in total. The standard InChI is InChI=1S/C19H26FN5S/c1-15-14-26-18(23-15)4-3-9-22-19(21-2)25-12-10-24(11-13-25)17-7-5-16(20)6-8-17/h5-8,14H,3-4,9-13H2,1-2H3,(H,21,22). The van der Waals surface area contributed by atoms with Gasteiger partial charge in [-0.3, -0.25) is 4.99 Å². The van der Waals surface area contributed by atoms with Crippen molar-refractivity contribution in [2.75, 3.05) is 44.7 Å². The average Bonchev–Trinajstić information content (AvgIpc) is 3.08. The Balaban J connectivity index is 1.42. The van der Waals surface area contributed by atoms with Gasteiger partial charge in [0.05, 0.1) is 5.01 Å². The largest absolute Gasteiger partial charge is 0.368 e. The van der Waals surface area contributed by atoms with Gasteiger partial charge in [-0.15, -0.1) is 11.3 Å². The Morgan fingerprint density at radius 2 is 1.96 bits per heavy atom. The molecular weight excluding hydrogens is 349 g/mol. The number of piperazine rings is 1. The van der Waals surface area contributed by atoms with Crippen molar-refractivity contribution in [2.24, 2.45) is 4.99 Å². The lowest BCUT2D eigenvalue weighted by atomic mass is 10.2. The molecule has 1 aliphatic rings. The van der Waals surface area contributed by atoms with Crippen molar-refractivity contribution >= 4 is 23.0 Å². The van der Waals surface area contributed by atoms with Crippen molar-refractivity contribution < 1.29 is 4.39 Å². The highest BCUT2D eigenvalue weighted by molar-refractivity contribution is 7.09. The van der Waals surface area contributed by atoms with Crippen LogP contribution in [0.5, 0.6) is 0 Å². The molecule has 2 aromatic rings. The van der Waals surface area contributed by atoms with Gasteiger partial charge in [-0.1, -0.05) is 0 Å². The number of guanidine groups is 1. The normalized spacial score (nSPS) is 15.4. The molecule has 1 aromatic carbocycles. The van der Waals surface area contributed by atoms with Crippen LogP contribution in [-0.4, -0.2) is 55.6 Å². The molecule has 1 aromatic heterocycles. The molecule has 3 rings (SSSR count). The van der Waals surface area contributed by atoms with E-state index in [-0.39, 0.29) is 5.82 Å². The van der Waals surface area contributed by atoms with Crippen LogP contribution in [0, 0.1) is 12.7 Å². The summed E-state index contributed by atoms with van der Waals surface area (Å²) in [7, 11) is 1.83. The predicted octanol–water partition coefficient (Wildman–Crippen LogP) is 2.92. The Morgan fingerprint density at radius 3 is 2.58 bits per heavy atom. The average molecular weight is 376 g/mol. The molecule has 2 heterocycles. The molecule has 0 radical (unpaired) electrons. The van der Waals surface area contributed by atoms with Gasteiger partial charge in [0.2, 0.25) is 0 Å². The Morgan fingerprint density at radius 1 is 1.23 bits per heavy atom. The number of aliphatic imine (C=N–C) groups is 1. The maximum atomic E-state index is 13.1. The molecule has 0 amide bonds. The zero-order valence-corrected chi connectivity index (χ0v) is 16.2. The lowest BCUT2D eigenvalue weighted by molar-refractivity contribution is 0.372. The number of hydrogen-bond donors (Lipinski definition) is 1. The van der Waals surface area contributed by atoms with E-state index >= 15 is 0 Å². The van der Waals surface area contributed by atoms with Gasteiger partial charge in [-0.25, -0.2) is 9.37 Å². The molecule has 0 saturated carbocycles.